The maximum Gasteiger partial charge on any atom is 0.355 e. The van der Waals surface area contributed by atoms with E-state index in [4.69, 9.17) is 9.47 Å². The van der Waals surface area contributed by atoms with Crippen LogP contribution in [-0.2, 0) is 22.3 Å². The molecule has 1 heterocycles. The third-order valence-corrected chi connectivity index (χ3v) is 4.24. The Morgan fingerprint density at radius 3 is 1.46 bits per heavy atom. The Balaban J connectivity index is 2.72. The molecule has 1 aliphatic carbocycles. The Morgan fingerprint density at radius 1 is 0.821 bits per heavy atom. The van der Waals surface area contributed by atoms with Crippen LogP contribution < -0.4 is 0 Å². The first kappa shape index (κ1) is 22.1. The molecule has 0 unspecified atom stereocenters. The van der Waals surface area contributed by atoms with Gasteiger partial charge in [0.25, 0.3) is 0 Å². The summed E-state index contributed by atoms with van der Waals surface area (Å²) in [6.07, 6.45) is 2.54. The molecule has 1 aliphatic rings. The van der Waals surface area contributed by atoms with Crippen molar-refractivity contribution in [3.8, 4) is 11.8 Å². The van der Waals surface area contributed by atoms with Gasteiger partial charge in [0.2, 0.25) is 0 Å². The summed E-state index contributed by atoms with van der Waals surface area (Å²) in [5.41, 5.74) is 1.43. The van der Waals surface area contributed by atoms with Crippen molar-refractivity contribution in [1.82, 2.24) is 4.57 Å². The summed E-state index contributed by atoms with van der Waals surface area (Å²) in [6, 6.07) is -0.0980. The van der Waals surface area contributed by atoms with Gasteiger partial charge in [-0.3, -0.25) is 0 Å². The zero-order chi connectivity index (χ0) is 21.3. The Labute approximate surface area is 168 Å². The first-order valence-electron chi connectivity index (χ1n) is 10.00. The van der Waals surface area contributed by atoms with Crippen molar-refractivity contribution in [3.63, 3.8) is 0 Å². The van der Waals surface area contributed by atoms with E-state index in [-0.39, 0.29) is 6.04 Å². The minimum absolute atomic E-state index is 0.0980. The fourth-order valence-electron chi connectivity index (χ4n) is 3.39. The molecule has 154 valence electrons. The minimum atomic E-state index is -0.621. The van der Waals surface area contributed by atoms with Gasteiger partial charge in [0.1, 0.15) is 22.6 Å². The second kappa shape index (κ2) is 8.03. The molecule has 0 radical (unpaired) electrons. The second-order valence-corrected chi connectivity index (χ2v) is 9.48. The molecule has 1 aromatic heterocycles. The van der Waals surface area contributed by atoms with E-state index in [1.54, 1.807) is 4.57 Å². The molecule has 0 aliphatic heterocycles. The van der Waals surface area contributed by atoms with Gasteiger partial charge in [0.15, 0.2) is 0 Å². The summed E-state index contributed by atoms with van der Waals surface area (Å²) < 4.78 is 13.2. The van der Waals surface area contributed by atoms with Crippen LogP contribution in [0.2, 0.25) is 0 Å². The molecule has 2 rings (SSSR count). The quantitative estimate of drug-likeness (QED) is 0.549. The first-order valence-corrected chi connectivity index (χ1v) is 10.00. The van der Waals surface area contributed by atoms with E-state index in [1.807, 2.05) is 55.4 Å². The predicted molar refractivity (Wildman–Crippen MR) is 110 cm³/mol. The van der Waals surface area contributed by atoms with Gasteiger partial charge in [-0.25, -0.2) is 9.59 Å². The Hall–Kier alpha value is -2.22. The average Bonchev–Trinajstić information content (AvgIpc) is 2.77. The molecule has 0 amide bonds. The molecule has 0 spiro atoms. The summed E-state index contributed by atoms with van der Waals surface area (Å²) in [4.78, 5) is 26.3. The molecule has 0 atom stereocenters. The molecular formula is C23H33NO4. The van der Waals surface area contributed by atoms with Gasteiger partial charge in [-0.1, -0.05) is 0 Å². The lowest BCUT2D eigenvalue weighted by molar-refractivity contribution is 0.00467. The zero-order valence-electron chi connectivity index (χ0n) is 18.5. The van der Waals surface area contributed by atoms with Gasteiger partial charge in [0, 0.05) is 18.9 Å². The van der Waals surface area contributed by atoms with Crippen LogP contribution in [0.25, 0.3) is 0 Å². The van der Waals surface area contributed by atoms with E-state index < -0.39 is 23.1 Å². The third-order valence-electron chi connectivity index (χ3n) is 4.24. The number of esters is 2. The molecule has 1 aromatic rings. The highest BCUT2D eigenvalue weighted by atomic mass is 16.6. The van der Waals surface area contributed by atoms with Crippen LogP contribution >= 0.6 is 0 Å². The molecule has 5 heteroatoms. The van der Waals surface area contributed by atoms with Crippen molar-refractivity contribution < 1.29 is 19.1 Å². The summed E-state index contributed by atoms with van der Waals surface area (Å²) in [6.45, 7) is 15.0. The highest BCUT2D eigenvalue weighted by Crippen LogP contribution is 2.33. The smallest absolute Gasteiger partial charge is 0.355 e. The molecular weight excluding hydrogens is 354 g/mol. The Morgan fingerprint density at radius 2 is 1.18 bits per heavy atom. The lowest BCUT2D eigenvalue weighted by atomic mass is 9.97. The molecule has 0 saturated carbocycles. The van der Waals surface area contributed by atoms with Gasteiger partial charge in [-0.05, 0) is 79.4 Å². The van der Waals surface area contributed by atoms with Crippen molar-refractivity contribution in [1.29, 1.82) is 0 Å². The van der Waals surface area contributed by atoms with Gasteiger partial charge in [-0.2, -0.15) is 0 Å². The number of nitrogens with zero attached hydrogens (tertiary/aromatic N) is 1. The van der Waals surface area contributed by atoms with Crippen LogP contribution in [0.3, 0.4) is 0 Å². The molecule has 0 fully saturated rings. The monoisotopic (exact) mass is 387 g/mol. The van der Waals surface area contributed by atoms with E-state index in [0.29, 0.717) is 37.1 Å². The van der Waals surface area contributed by atoms with Crippen LogP contribution in [0.1, 0.15) is 106 Å². The number of carbonyl (C=O) groups excluding carboxylic acids is 2. The lowest BCUT2D eigenvalue weighted by Gasteiger charge is -2.24. The summed E-state index contributed by atoms with van der Waals surface area (Å²) in [7, 11) is 0. The highest BCUT2D eigenvalue weighted by molar-refractivity contribution is 5.97. The number of carbonyl (C=O) groups is 2. The maximum absolute atomic E-state index is 13.1. The fourth-order valence-corrected chi connectivity index (χ4v) is 3.39. The lowest BCUT2D eigenvalue weighted by Crippen LogP contribution is -2.29. The van der Waals surface area contributed by atoms with Crippen LogP contribution in [0, 0.1) is 11.8 Å². The summed E-state index contributed by atoms with van der Waals surface area (Å²) in [5.74, 6) is 5.48. The SMILES string of the molecule is CC(C)n1c(C(=O)OC(C)(C)C)c2c(c1C(=O)OC(C)(C)C)CCC#CCC2. The number of hydrogen-bond donors (Lipinski definition) is 0. The molecule has 0 saturated heterocycles. The Bertz CT molecular complexity index is 758. The zero-order valence-corrected chi connectivity index (χ0v) is 18.5. The van der Waals surface area contributed by atoms with Crippen molar-refractivity contribution in [2.75, 3.05) is 0 Å². The number of hydrogen-bond acceptors (Lipinski definition) is 4. The normalized spacial score (nSPS) is 14.5. The van der Waals surface area contributed by atoms with Crippen molar-refractivity contribution >= 4 is 11.9 Å². The fraction of sp³-hybridized carbons (Fsp3) is 0.652. The molecule has 0 aromatic carbocycles. The highest BCUT2D eigenvalue weighted by Gasteiger charge is 2.35. The third kappa shape index (κ3) is 5.19. The number of aromatic nitrogens is 1. The first-order chi connectivity index (χ1) is 12.8. The predicted octanol–water partition coefficient (Wildman–Crippen LogP) is 4.86. The minimum Gasteiger partial charge on any atom is -0.455 e. The van der Waals surface area contributed by atoms with Gasteiger partial charge in [-0.15, -0.1) is 11.8 Å². The standard InChI is InChI=1S/C23H33NO4/c1-15(2)24-18(20(25)27-22(3,4)5)16-13-11-9-10-12-14-17(16)19(24)21(26)28-23(6,7)8/h15H,11-14H2,1-8H3. The number of ether oxygens (including phenoxy) is 2. The van der Waals surface area contributed by atoms with Gasteiger partial charge in [0.05, 0.1) is 0 Å². The van der Waals surface area contributed by atoms with Crippen molar-refractivity contribution in [2.24, 2.45) is 0 Å². The van der Waals surface area contributed by atoms with E-state index in [9.17, 15) is 9.59 Å². The van der Waals surface area contributed by atoms with Crippen molar-refractivity contribution in [3.05, 3.63) is 22.5 Å². The molecule has 28 heavy (non-hydrogen) atoms. The van der Waals surface area contributed by atoms with Crippen LogP contribution in [0.4, 0.5) is 0 Å². The average molecular weight is 388 g/mol. The van der Waals surface area contributed by atoms with Gasteiger partial charge < -0.3 is 14.0 Å². The van der Waals surface area contributed by atoms with E-state index in [0.717, 1.165) is 11.1 Å². The number of fused-ring (bicyclic) bond motifs is 1. The van der Waals surface area contributed by atoms with Crippen LogP contribution in [0.15, 0.2) is 0 Å². The van der Waals surface area contributed by atoms with Gasteiger partial charge >= 0.3 is 11.9 Å². The molecule has 5 nitrogen and oxygen atoms in total. The van der Waals surface area contributed by atoms with Crippen molar-refractivity contribution in [2.45, 2.75) is 98.3 Å². The number of rotatable bonds is 3. The Kier molecular flexibility index (Phi) is 6.33. The largest absolute Gasteiger partial charge is 0.455 e. The van der Waals surface area contributed by atoms with E-state index in [1.165, 1.54) is 0 Å². The molecule has 0 N–H and O–H groups in total. The second-order valence-electron chi connectivity index (χ2n) is 9.48. The maximum atomic E-state index is 13.1. The summed E-state index contributed by atoms with van der Waals surface area (Å²) >= 11 is 0. The van der Waals surface area contributed by atoms with Crippen LogP contribution in [-0.4, -0.2) is 27.7 Å². The molecule has 0 bridgehead atoms. The topological polar surface area (TPSA) is 57.5 Å². The van der Waals surface area contributed by atoms with Crippen LogP contribution in [0.5, 0.6) is 0 Å². The van der Waals surface area contributed by atoms with E-state index in [2.05, 4.69) is 11.8 Å². The van der Waals surface area contributed by atoms with E-state index >= 15 is 0 Å². The summed E-state index contributed by atoms with van der Waals surface area (Å²) in [5, 5.41) is 0.